The highest BCUT2D eigenvalue weighted by molar-refractivity contribution is 9.10. The molecule has 0 fully saturated rings. The molecule has 24 heavy (non-hydrogen) atoms. The fourth-order valence-corrected chi connectivity index (χ4v) is 3.71. The molecule has 0 saturated heterocycles. The molecule has 0 atom stereocenters. The number of aryl methyl sites for hydroxylation is 1. The lowest BCUT2D eigenvalue weighted by molar-refractivity contribution is 0.535. The van der Waals surface area contributed by atoms with E-state index in [-0.39, 0.29) is 0 Å². The first kappa shape index (κ1) is 21.5. The van der Waals surface area contributed by atoms with Gasteiger partial charge in [-0.3, -0.25) is 0 Å². The number of halogens is 1. The van der Waals surface area contributed by atoms with Gasteiger partial charge in [-0.25, -0.2) is 0 Å². The molecular weight excluding hydrogens is 358 g/mol. The van der Waals surface area contributed by atoms with Crippen molar-refractivity contribution < 1.29 is 0 Å². The molecule has 2 N–H and O–H groups in total. The molecule has 0 unspecified atom stereocenters. The summed E-state index contributed by atoms with van der Waals surface area (Å²) in [6, 6.07) is 6.19. The van der Waals surface area contributed by atoms with E-state index in [2.05, 4.69) is 28.9 Å². The highest BCUT2D eigenvalue weighted by Gasteiger charge is 2.00. The zero-order valence-corrected chi connectivity index (χ0v) is 17.4. The Hall–Kier alpha value is -0.500. The van der Waals surface area contributed by atoms with Crippen LogP contribution in [-0.4, -0.2) is 0 Å². The molecule has 0 aliphatic heterocycles. The summed E-state index contributed by atoms with van der Waals surface area (Å²) in [5.74, 6) is 0. The van der Waals surface area contributed by atoms with Crippen LogP contribution in [0.3, 0.4) is 0 Å². The number of nitrogens with two attached hydrogens (primary N) is 1. The van der Waals surface area contributed by atoms with Crippen LogP contribution in [0, 0.1) is 0 Å². The van der Waals surface area contributed by atoms with Crippen LogP contribution in [0.1, 0.15) is 102 Å². The lowest BCUT2D eigenvalue weighted by atomic mass is 10.0. The highest BCUT2D eigenvalue weighted by atomic mass is 79.9. The van der Waals surface area contributed by atoms with Crippen molar-refractivity contribution >= 4 is 21.6 Å². The number of unbranched alkanes of at least 4 members (excludes halogenated alkanes) is 13. The van der Waals surface area contributed by atoms with E-state index in [1.54, 1.807) is 0 Å². The second kappa shape index (κ2) is 14.8. The summed E-state index contributed by atoms with van der Waals surface area (Å²) in [5.41, 5.74) is 8.26. The summed E-state index contributed by atoms with van der Waals surface area (Å²) in [7, 11) is 0. The van der Waals surface area contributed by atoms with E-state index in [9.17, 15) is 0 Å². The Labute approximate surface area is 158 Å². The molecule has 138 valence electrons. The van der Waals surface area contributed by atoms with Crippen LogP contribution in [0.2, 0.25) is 0 Å². The van der Waals surface area contributed by atoms with Crippen molar-refractivity contribution in [2.24, 2.45) is 0 Å². The topological polar surface area (TPSA) is 26.0 Å². The van der Waals surface area contributed by atoms with Crippen LogP contribution in [0.15, 0.2) is 22.7 Å². The third-order valence-electron chi connectivity index (χ3n) is 4.90. The Morgan fingerprint density at radius 1 is 0.708 bits per heavy atom. The maximum Gasteiger partial charge on any atom is 0.0347 e. The predicted octanol–water partition coefficient (Wildman–Crippen LogP) is 8.06. The van der Waals surface area contributed by atoms with Gasteiger partial charge in [0.2, 0.25) is 0 Å². The molecule has 0 bridgehead atoms. The Balaban J connectivity index is 1.85. The lowest BCUT2D eigenvalue weighted by Gasteiger charge is -2.06. The minimum absolute atomic E-state index is 0.938. The van der Waals surface area contributed by atoms with E-state index in [0.29, 0.717) is 0 Å². The average molecular weight is 396 g/mol. The van der Waals surface area contributed by atoms with Crippen molar-refractivity contribution in [3.05, 3.63) is 28.2 Å². The van der Waals surface area contributed by atoms with Gasteiger partial charge >= 0.3 is 0 Å². The van der Waals surface area contributed by atoms with E-state index in [1.807, 2.05) is 12.1 Å². The molecule has 0 aliphatic rings. The van der Waals surface area contributed by atoms with E-state index in [0.717, 1.165) is 16.6 Å². The first-order chi connectivity index (χ1) is 11.7. The van der Waals surface area contributed by atoms with Gasteiger partial charge in [0.25, 0.3) is 0 Å². The average Bonchev–Trinajstić information content (AvgIpc) is 2.58. The highest BCUT2D eigenvalue weighted by Crippen LogP contribution is 2.21. The summed E-state index contributed by atoms with van der Waals surface area (Å²) in [4.78, 5) is 0. The SMILES string of the molecule is CCCCCCCCCCCCCCCCc1cc(Br)ccc1N. The van der Waals surface area contributed by atoms with Crippen LogP contribution < -0.4 is 5.73 Å². The number of hydrogen-bond acceptors (Lipinski definition) is 1. The van der Waals surface area contributed by atoms with Crippen molar-refractivity contribution in [2.45, 2.75) is 103 Å². The second-order valence-electron chi connectivity index (χ2n) is 7.19. The molecule has 0 aromatic heterocycles. The van der Waals surface area contributed by atoms with Crippen LogP contribution in [-0.2, 0) is 6.42 Å². The summed E-state index contributed by atoms with van der Waals surface area (Å²) >= 11 is 3.53. The summed E-state index contributed by atoms with van der Waals surface area (Å²) in [6.45, 7) is 2.29. The van der Waals surface area contributed by atoms with E-state index in [4.69, 9.17) is 5.73 Å². The van der Waals surface area contributed by atoms with Gasteiger partial charge in [0, 0.05) is 10.2 Å². The molecular formula is C22H38BrN. The monoisotopic (exact) mass is 395 g/mol. The lowest BCUT2D eigenvalue weighted by Crippen LogP contribution is -1.94. The molecule has 1 rings (SSSR count). The largest absolute Gasteiger partial charge is 0.399 e. The smallest absolute Gasteiger partial charge is 0.0347 e. The Bertz CT molecular complexity index is 416. The van der Waals surface area contributed by atoms with Crippen molar-refractivity contribution in [1.29, 1.82) is 0 Å². The fourth-order valence-electron chi connectivity index (χ4n) is 3.30. The second-order valence-corrected chi connectivity index (χ2v) is 8.11. The van der Waals surface area contributed by atoms with Crippen LogP contribution in [0.5, 0.6) is 0 Å². The van der Waals surface area contributed by atoms with Crippen LogP contribution >= 0.6 is 15.9 Å². The van der Waals surface area contributed by atoms with E-state index >= 15 is 0 Å². The van der Waals surface area contributed by atoms with Crippen LogP contribution in [0.4, 0.5) is 5.69 Å². The summed E-state index contributed by atoms with van der Waals surface area (Å²) < 4.78 is 1.14. The van der Waals surface area contributed by atoms with Gasteiger partial charge in [0.1, 0.15) is 0 Å². The molecule has 1 aromatic carbocycles. The zero-order chi connectivity index (χ0) is 17.5. The molecule has 0 heterocycles. The van der Waals surface area contributed by atoms with E-state index < -0.39 is 0 Å². The van der Waals surface area contributed by atoms with Crippen molar-refractivity contribution in [2.75, 3.05) is 5.73 Å². The predicted molar refractivity (Wildman–Crippen MR) is 113 cm³/mol. The molecule has 1 aromatic rings. The normalized spacial score (nSPS) is 11.1. The molecule has 0 aliphatic carbocycles. The third kappa shape index (κ3) is 11.1. The van der Waals surface area contributed by atoms with Gasteiger partial charge in [-0.1, -0.05) is 106 Å². The number of hydrogen-bond donors (Lipinski definition) is 1. The van der Waals surface area contributed by atoms with Gasteiger partial charge in [0.15, 0.2) is 0 Å². The molecule has 1 nitrogen and oxygen atoms in total. The molecule has 0 radical (unpaired) electrons. The number of benzene rings is 1. The van der Waals surface area contributed by atoms with Gasteiger partial charge in [-0.2, -0.15) is 0 Å². The van der Waals surface area contributed by atoms with Gasteiger partial charge in [0.05, 0.1) is 0 Å². The first-order valence-electron chi connectivity index (χ1n) is 10.3. The fraction of sp³-hybridized carbons (Fsp3) is 0.727. The van der Waals surface area contributed by atoms with Gasteiger partial charge in [-0.15, -0.1) is 0 Å². The quantitative estimate of drug-likeness (QED) is 0.235. The number of nitrogen functional groups attached to an aromatic ring is 1. The summed E-state index contributed by atoms with van der Waals surface area (Å²) in [6.07, 6.45) is 20.9. The number of anilines is 1. The minimum Gasteiger partial charge on any atom is -0.399 e. The van der Waals surface area contributed by atoms with Crippen molar-refractivity contribution in [3.63, 3.8) is 0 Å². The third-order valence-corrected chi connectivity index (χ3v) is 5.40. The maximum absolute atomic E-state index is 6.02. The minimum atomic E-state index is 0.938. The Morgan fingerprint density at radius 2 is 1.17 bits per heavy atom. The maximum atomic E-state index is 6.02. The molecule has 0 spiro atoms. The summed E-state index contributed by atoms with van der Waals surface area (Å²) in [5, 5.41) is 0. The first-order valence-corrected chi connectivity index (χ1v) is 11.1. The van der Waals surface area contributed by atoms with Gasteiger partial charge < -0.3 is 5.73 Å². The Kier molecular flexibility index (Phi) is 13.3. The molecule has 2 heteroatoms. The molecule has 0 saturated carbocycles. The van der Waals surface area contributed by atoms with Gasteiger partial charge in [-0.05, 0) is 36.6 Å². The van der Waals surface area contributed by atoms with E-state index in [1.165, 1.54) is 95.5 Å². The zero-order valence-electron chi connectivity index (χ0n) is 15.8. The van der Waals surface area contributed by atoms with Crippen molar-refractivity contribution in [3.8, 4) is 0 Å². The standard InChI is InChI=1S/C22H38BrN/c1-2-3-4-5-6-7-8-9-10-11-12-13-14-15-16-20-19-21(23)17-18-22(20)24/h17-19H,2-16,24H2,1H3. The van der Waals surface area contributed by atoms with Crippen molar-refractivity contribution in [1.82, 2.24) is 0 Å². The number of rotatable bonds is 15. The van der Waals surface area contributed by atoms with Crippen LogP contribution in [0.25, 0.3) is 0 Å². The Morgan fingerprint density at radius 3 is 1.67 bits per heavy atom. The molecule has 0 amide bonds.